The number of hydrogen-bond donors (Lipinski definition) is 0. The summed E-state index contributed by atoms with van der Waals surface area (Å²) < 4.78 is 0. The minimum atomic E-state index is 0.482. The maximum atomic E-state index is 3.05. The molecular weight excluding hydrogens is 326 g/mol. The maximum Gasteiger partial charge on any atom is 0.0393 e. The summed E-state index contributed by atoms with van der Waals surface area (Å²) in [5, 5.41) is 0. The molecule has 27 heavy (non-hydrogen) atoms. The molecule has 1 aliphatic heterocycles. The standard InChI is InChI=1S/C26H41N/c1-19-8-15-26-20(2)9-14-24(16-21(19)26,22(26,3)4)17-27-18-25(27)13-7-12-23(25)10-5-6-11-23/h20H,5-18H2,1-4H3. The fourth-order valence-electron chi connectivity index (χ4n) is 10.3. The monoisotopic (exact) mass is 367 g/mol. The second-order valence-electron chi connectivity index (χ2n) is 12.5. The van der Waals surface area contributed by atoms with Gasteiger partial charge < -0.3 is 0 Å². The number of nitrogens with zero attached hydrogens (tertiary/aromatic N) is 1. The van der Waals surface area contributed by atoms with Crippen LogP contribution in [-0.4, -0.2) is 23.5 Å². The first-order valence-electron chi connectivity index (χ1n) is 12.3. The van der Waals surface area contributed by atoms with E-state index in [1.54, 1.807) is 24.8 Å². The summed E-state index contributed by atoms with van der Waals surface area (Å²) >= 11 is 0. The topological polar surface area (TPSA) is 3.01 Å². The summed E-state index contributed by atoms with van der Waals surface area (Å²) in [4.78, 5) is 3.05. The van der Waals surface area contributed by atoms with Crippen molar-refractivity contribution in [3.8, 4) is 0 Å². The fourth-order valence-corrected chi connectivity index (χ4v) is 10.3. The number of allylic oxidation sites excluding steroid dienone is 2. The Labute approximate surface area is 167 Å². The van der Waals surface area contributed by atoms with E-state index in [0.717, 1.165) is 11.3 Å². The van der Waals surface area contributed by atoms with Crippen LogP contribution in [0.1, 0.15) is 105 Å². The Morgan fingerprint density at radius 1 is 0.963 bits per heavy atom. The number of rotatable bonds is 2. The molecule has 1 nitrogen and oxygen atoms in total. The molecule has 6 rings (SSSR count). The Balaban J connectivity index is 1.35. The lowest BCUT2D eigenvalue weighted by Gasteiger charge is -2.57. The molecule has 5 fully saturated rings. The summed E-state index contributed by atoms with van der Waals surface area (Å²) in [5.41, 5.74) is 6.68. The molecule has 0 aromatic heterocycles. The van der Waals surface area contributed by atoms with Crippen LogP contribution in [0.4, 0.5) is 0 Å². The normalized spacial score (nSPS) is 51.6. The van der Waals surface area contributed by atoms with Gasteiger partial charge >= 0.3 is 0 Å². The quantitative estimate of drug-likeness (QED) is 0.386. The molecule has 5 atom stereocenters. The Bertz CT molecular complexity index is 704. The van der Waals surface area contributed by atoms with E-state index in [0.29, 0.717) is 21.8 Å². The summed E-state index contributed by atoms with van der Waals surface area (Å²) in [6.45, 7) is 13.3. The zero-order valence-electron chi connectivity index (χ0n) is 18.4. The van der Waals surface area contributed by atoms with E-state index in [1.807, 2.05) is 5.57 Å². The van der Waals surface area contributed by atoms with Crippen LogP contribution in [0.15, 0.2) is 11.1 Å². The molecule has 6 aliphatic rings. The summed E-state index contributed by atoms with van der Waals surface area (Å²) in [5.74, 6) is 0.895. The van der Waals surface area contributed by atoms with Gasteiger partial charge in [-0.15, -0.1) is 0 Å². The van der Waals surface area contributed by atoms with E-state index in [1.165, 1.54) is 70.9 Å². The maximum absolute atomic E-state index is 3.05. The Morgan fingerprint density at radius 3 is 2.48 bits per heavy atom. The summed E-state index contributed by atoms with van der Waals surface area (Å²) in [6, 6.07) is 0. The first-order valence-corrected chi connectivity index (χ1v) is 12.3. The van der Waals surface area contributed by atoms with E-state index in [9.17, 15) is 0 Å². The minimum Gasteiger partial charge on any atom is -0.293 e. The smallest absolute Gasteiger partial charge is 0.0393 e. The van der Waals surface area contributed by atoms with Crippen LogP contribution in [0, 0.1) is 27.6 Å². The fraction of sp³-hybridized carbons (Fsp3) is 0.923. The van der Waals surface area contributed by atoms with Crippen molar-refractivity contribution in [1.82, 2.24) is 4.90 Å². The average molecular weight is 368 g/mol. The van der Waals surface area contributed by atoms with Gasteiger partial charge in [0, 0.05) is 24.0 Å². The Hall–Kier alpha value is -0.300. The first kappa shape index (κ1) is 17.5. The molecule has 0 radical (unpaired) electrons. The predicted octanol–water partition coefficient (Wildman–Crippen LogP) is 6.73. The largest absolute Gasteiger partial charge is 0.293 e. The van der Waals surface area contributed by atoms with Crippen molar-refractivity contribution in [2.45, 2.75) is 110 Å². The van der Waals surface area contributed by atoms with Crippen molar-refractivity contribution in [2.24, 2.45) is 27.6 Å². The SMILES string of the molecule is CC1=C2CC3(CN4CC45CCCC54CCCC4)CCC(C)C2(CC1)C3(C)C. The molecular formula is C26H41N. The third kappa shape index (κ3) is 1.75. The molecule has 2 bridgehead atoms. The van der Waals surface area contributed by atoms with E-state index < -0.39 is 0 Å². The van der Waals surface area contributed by atoms with Gasteiger partial charge in [0.15, 0.2) is 0 Å². The molecule has 1 heteroatoms. The van der Waals surface area contributed by atoms with Crippen molar-refractivity contribution >= 4 is 0 Å². The highest BCUT2D eigenvalue weighted by Crippen LogP contribution is 2.78. The van der Waals surface area contributed by atoms with Gasteiger partial charge in [0.2, 0.25) is 0 Å². The van der Waals surface area contributed by atoms with Gasteiger partial charge in [-0.3, -0.25) is 4.90 Å². The van der Waals surface area contributed by atoms with Gasteiger partial charge in [-0.2, -0.15) is 0 Å². The highest BCUT2D eigenvalue weighted by molar-refractivity contribution is 5.41. The number of hydrogen-bond acceptors (Lipinski definition) is 1. The van der Waals surface area contributed by atoms with Crippen LogP contribution in [0.5, 0.6) is 0 Å². The Kier molecular flexibility index (Phi) is 3.28. The molecule has 5 aliphatic carbocycles. The van der Waals surface area contributed by atoms with Crippen LogP contribution < -0.4 is 0 Å². The summed E-state index contributed by atoms with van der Waals surface area (Å²) in [7, 11) is 0. The zero-order valence-corrected chi connectivity index (χ0v) is 18.4. The van der Waals surface area contributed by atoms with Gasteiger partial charge in [-0.25, -0.2) is 0 Å². The van der Waals surface area contributed by atoms with E-state index in [2.05, 4.69) is 32.6 Å². The molecule has 0 aromatic rings. The van der Waals surface area contributed by atoms with E-state index in [4.69, 9.17) is 0 Å². The van der Waals surface area contributed by atoms with Crippen LogP contribution in [0.2, 0.25) is 0 Å². The van der Waals surface area contributed by atoms with Crippen molar-refractivity contribution < 1.29 is 0 Å². The number of fused-ring (bicyclic) bond motifs is 2. The lowest BCUT2D eigenvalue weighted by molar-refractivity contribution is -0.0808. The lowest BCUT2D eigenvalue weighted by Crippen LogP contribution is -2.53. The lowest BCUT2D eigenvalue weighted by atomic mass is 9.48. The van der Waals surface area contributed by atoms with Crippen LogP contribution in [0.3, 0.4) is 0 Å². The minimum absolute atomic E-state index is 0.482. The van der Waals surface area contributed by atoms with E-state index >= 15 is 0 Å². The van der Waals surface area contributed by atoms with Gasteiger partial charge in [-0.1, -0.05) is 51.2 Å². The second-order valence-corrected chi connectivity index (χ2v) is 12.5. The van der Waals surface area contributed by atoms with Crippen LogP contribution in [0.25, 0.3) is 0 Å². The van der Waals surface area contributed by atoms with Gasteiger partial charge in [0.25, 0.3) is 0 Å². The molecule has 5 unspecified atom stereocenters. The molecule has 3 spiro atoms. The van der Waals surface area contributed by atoms with Gasteiger partial charge in [0.05, 0.1) is 0 Å². The highest BCUT2D eigenvalue weighted by atomic mass is 15.4. The highest BCUT2D eigenvalue weighted by Gasteiger charge is 2.73. The molecule has 1 saturated heterocycles. The van der Waals surface area contributed by atoms with Gasteiger partial charge in [-0.05, 0) is 86.9 Å². The zero-order chi connectivity index (χ0) is 18.7. The average Bonchev–Trinajstić information content (AvgIpc) is 2.97. The molecule has 0 aromatic carbocycles. The molecule has 1 heterocycles. The first-order chi connectivity index (χ1) is 12.8. The van der Waals surface area contributed by atoms with E-state index in [-0.39, 0.29) is 0 Å². The molecule has 0 N–H and O–H groups in total. The predicted molar refractivity (Wildman–Crippen MR) is 113 cm³/mol. The van der Waals surface area contributed by atoms with Gasteiger partial charge in [0.1, 0.15) is 0 Å². The second kappa shape index (κ2) is 5.05. The van der Waals surface area contributed by atoms with Crippen LogP contribution in [-0.2, 0) is 0 Å². The van der Waals surface area contributed by atoms with Crippen molar-refractivity contribution in [3.05, 3.63) is 11.1 Å². The summed E-state index contributed by atoms with van der Waals surface area (Å²) in [6.07, 6.45) is 17.9. The molecule has 150 valence electrons. The third-order valence-corrected chi connectivity index (χ3v) is 12.0. The third-order valence-electron chi connectivity index (χ3n) is 12.0. The Morgan fingerprint density at radius 2 is 1.70 bits per heavy atom. The van der Waals surface area contributed by atoms with Crippen molar-refractivity contribution in [2.75, 3.05) is 13.1 Å². The van der Waals surface area contributed by atoms with Crippen LogP contribution >= 0.6 is 0 Å². The molecule has 4 saturated carbocycles. The van der Waals surface area contributed by atoms with Crippen molar-refractivity contribution in [3.63, 3.8) is 0 Å². The molecule has 0 amide bonds. The van der Waals surface area contributed by atoms with Crippen molar-refractivity contribution in [1.29, 1.82) is 0 Å².